The Bertz CT molecular complexity index is 1010. The minimum Gasteiger partial charge on any atom is -0.353 e. The second-order valence-electron chi connectivity index (χ2n) is 7.56. The van der Waals surface area contributed by atoms with Gasteiger partial charge in [0.15, 0.2) is 0 Å². The lowest BCUT2D eigenvalue weighted by molar-refractivity contribution is 0.102. The van der Waals surface area contributed by atoms with Gasteiger partial charge in [-0.1, -0.05) is 0 Å². The Morgan fingerprint density at radius 3 is 2.74 bits per heavy atom. The van der Waals surface area contributed by atoms with Crippen LogP contribution in [-0.2, 0) is 0 Å². The molecule has 140 valence electrons. The summed E-state index contributed by atoms with van der Waals surface area (Å²) in [4.78, 5) is 27.8. The minimum absolute atomic E-state index is 0.208. The van der Waals surface area contributed by atoms with E-state index in [0.29, 0.717) is 5.69 Å². The molecule has 3 aromatic heterocycles. The summed E-state index contributed by atoms with van der Waals surface area (Å²) in [5.74, 6) is 0.446. The molecule has 0 saturated carbocycles. The third kappa shape index (κ3) is 3.48. The Hall–Kier alpha value is -3.00. The van der Waals surface area contributed by atoms with Crippen LogP contribution >= 0.6 is 0 Å². The number of anilines is 2. The highest BCUT2D eigenvalue weighted by atomic mass is 16.1. The van der Waals surface area contributed by atoms with Gasteiger partial charge in [-0.3, -0.25) is 4.79 Å². The molecule has 27 heavy (non-hydrogen) atoms. The van der Waals surface area contributed by atoms with Crippen LogP contribution in [0.2, 0.25) is 0 Å². The number of hydrogen-bond acceptors (Lipinski definition) is 6. The van der Waals surface area contributed by atoms with Crippen molar-refractivity contribution in [2.24, 2.45) is 5.73 Å². The number of aryl methyl sites for hydroxylation is 2. The Morgan fingerprint density at radius 2 is 2.07 bits per heavy atom. The first-order valence-electron chi connectivity index (χ1n) is 8.94. The molecular formula is C19H23N7O. The molecule has 1 atom stereocenters. The van der Waals surface area contributed by atoms with Crippen molar-refractivity contribution in [3.63, 3.8) is 0 Å². The third-order valence-corrected chi connectivity index (χ3v) is 4.81. The summed E-state index contributed by atoms with van der Waals surface area (Å²) in [6, 6.07) is 1.90. The zero-order valence-electron chi connectivity index (χ0n) is 15.7. The van der Waals surface area contributed by atoms with E-state index in [0.717, 1.165) is 42.2 Å². The summed E-state index contributed by atoms with van der Waals surface area (Å²) in [5, 5.41) is 2.88. The van der Waals surface area contributed by atoms with Crippen molar-refractivity contribution < 1.29 is 4.79 Å². The normalized spacial score (nSPS) is 19.6. The first-order chi connectivity index (χ1) is 12.8. The van der Waals surface area contributed by atoms with Crippen molar-refractivity contribution in [3.8, 4) is 0 Å². The van der Waals surface area contributed by atoms with Gasteiger partial charge in [-0.2, -0.15) is 0 Å². The molecule has 1 saturated heterocycles. The lowest BCUT2D eigenvalue weighted by Gasteiger charge is -2.20. The van der Waals surface area contributed by atoms with Gasteiger partial charge in [0.05, 0.1) is 23.8 Å². The number of nitrogens with one attached hydrogen (secondary N) is 1. The number of imidazole rings is 1. The molecule has 8 heteroatoms. The van der Waals surface area contributed by atoms with Crippen molar-refractivity contribution in [1.29, 1.82) is 0 Å². The summed E-state index contributed by atoms with van der Waals surface area (Å²) in [6.07, 6.45) is 7.81. The largest absolute Gasteiger partial charge is 0.353 e. The lowest BCUT2D eigenvalue weighted by atomic mass is 10.0. The summed E-state index contributed by atoms with van der Waals surface area (Å²) in [7, 11) is 0. The summed E-state index contributed by atoms with van der Waals surface area (Å²) >= 11 is 0. The van der Waals surface area contributed by atoms with Crippen molar-refractivity contribution in [2.45, 2.75) is 32.7 Å². The summed E-state index contributed by atoms with van der Waals surface area (Å²) in [6.45, 7) is 7.51. The van der Waals surface area contributed by atoms with Crippen LogP contribution in [-0.4, -0.2) is 43.9 Å². The number of rotatable bonds is 3. The van der Waals surface area contributed by atoms with Crippen molar-refractivity contribution in [2.75, 3.05) is 23.3 Å². The molecule has 0 radical (unpaired) electrons. The van der Waals surface area contributed by atoms with E-state index in [1.165, 1.54) is 6.20 Å². The number of nitrogens with two attached hydrogens (primary N) is 1. The van der Waals surface area contributed by atoms with E-state index in [9.17, 15) is 4.79 Å². The van der Waals surface area contributed by atoms with Crippen LogP contribution in [0.4, 0.5) is 11.5 Å². The van der Waals surface area contributed by atoms with E-state index in [1.807, 2.05) is 43.6 Å². The molecule has 1 amide bonds. The molecule has 8 nitrogen and oxygen atoms in total. The number of amides is 1. The topological polar surface area (TPSA) is 101 Å². The zero-order valence-corrected chi connectivity index (χ0v) is 15.7. The molecule has 4 heterocycles. The molecule has 0 spiro atoms. The molecule has 0 bridgehead atoms. The predicted molar refractivity (Wildman–Crippen MR) is 104 cm³/mol. The number of fused-ring (bicyclic) bond motifs is 1. The third-order valence-electron chi connectivity index (χ3n) is 4.81. The fourth-order valence-electron chi connectivity index (χ4n) is 3.44. The fraction of sp³-hybridized carbons (Fsp3) is 0.368. The highest BCUT2D eigenvalue weighted by molar-refractivity contribution is 6.02. The maximum absolute atomic E-state index is 12.5. The van der Waals surface area contributed by atoms with E-state index < -0.39 is 0 Å². The van der Waals surface area contributed by atoms with Gasteiger partial charge in [0.2, 0.25) is 0 Å². The molecule has 3 aromatic rings. The Morgan fingerprint density at radius 1 is 1.26 bits per heavy atom. The zero-order chi connectivity index (χ0) is 19.2. The smallest absolute Gasteiger partial charge is 0.275 e. The van der Waals surface area contributed by atoms with E-state index in [1.54, 1.807) is 6.20 Å². The maximum atomic E-state index is 12.5. The van der Waals surface area contributed by atoms with Crippen LogP contribution in [0.25, 0.3) is 5.65 Å². The number of carbonyl (C=O) groups is 1. The molecule has 1 fully saturated rings. The second-order valence-corrected chi connectivity index (χ2v) is 7.56. The van der Waals surface area contributed by atoms with Crippen LogP contribution in [0.5, 0.6) is 0 Å². The molecule has 1 unspecified atom stereocenters. The Labute approximate surface area is 157 Å². The molecule has 4 rings (SSSR count). The van der Waals surface area contributed by atoms with Gasteiger partial charge >= 0.3 is 0 Å². The van der Waals surface area contributed by atoms with Gasteiger partial charge in [0.1, 0.15) is 17.2 Å². The molecule has 3 N–H and O–H groups in total. The van der Waals surface area contributed by atoms with E-state index >= 15 is 0 Å². The first-order valence-corrected chi connectivity index (χ1v) is 8.94. The molecular weight excluding hydrogens is 342 g/mol. The Kier molecular flexibility index (Phi) is 4.07. The number of carbonyl (C=O) groups excluding carboxylic acids is 1. The first kappa shape index (κ1) is 17.4. The van der Waals surface area contributed by atoms with Crippen LogP contribution < -0.4 is 16.0 Å². The predicted octanol–water partition coefficient (Wildman–Crippen LogP) is 1.92. The standard InChI is InChI=1S/C19H23N7O/c1-12-6-14(10-26-9-13(2)23-17(12)26)24-18(27)15-7-22-16(8-21-15)25-5-4-19(3,20)11-25/h6-10H,4-5,11,20H2,1-3H3,(H,24,27). The monoisotopic (exact) mass is 365 g/mol. The number of pyridine rings is 1. The fourth-order valence-corrected chi connectivity index (χ4v) is 3.44. The highest BCUT2D eigenvalue weighted by Crippen LogP contribution is 2.23. The molecule has 0 aromatic carbocycles. The molecule has 1 aliphatic rings. The van der Waals surface area contributed by atoms with Gasteiger partial charge in [-0.25, -0.2) is 15.0 Å². The second kappa shape index (κ2) is 6.31. The average molecular weight is 365 g/mol. The molecule has 1 aliphatic heterocycles. The van der Waals surface area contributed by atoms with Crippen LogP contribution in [0.3, 0.4) is 0 Å². The van der Waals surface area contributed by atoms with E-state index in [2.05, 4.69) is 25.2 Å². The number of nitrogens with zero attached hydrogens (tertiary/aromatic N) is 5. The lowest BCUT2D eigenvalue weighted by Crippen LogP contribution is -2.39. The van der Waals surface area contributed by atoms with Gasteiger partial charge in [0.25, 0.3) is 5.91 Å². The van der Waals surface area contributed by atoms with Gasteiger partial charge in [0, 0.05) is 31.0 Å². The summed E-state index contributed by atoms with van der Waals surface area (Å²) < 4.78 is 1.91. The van der Waals surface area contributed by atoms with Crippen molar-refractivity contribution in [3.05, 3.63) is 47.8 Å². The highest BCUT2D eigenvalue weighted by Gasteiger charge is 2.30. The number of aromatic nitrogens is 4. The van der Waals surface area contributed by atoms with Gasteiger partial charge in [-0.15, -0.1) is 0 Å². The van der Waals surface area contributed by atoms with Crippen LogP contribution in [0.15, 0.2) is 30.9 Å². The van der Waals surface area contributed by atoms with Crippen molar-refractivity contribution in [1.82, 2.24) is 19.4 Å². The maximum Gasteiger partial charge on any atom is 0.275 e. The van der Waals surface area contributed by atoms with Gasteiger partial charge in [-0.05, 0) is 38.8 Å². The summed E-state index contributed by atoms with van der Waals surface area (Å²) in [5.41, 5.74) is 9.71. The van der Waals surface area contributed by atoms with E-state index in [4.69, 9.17) is 5.73 Å². The average Bonchev–Trinajstić information content (AvgIpc) is 3.17. The van der Waals surface area contributed by atoms with Crippen LogP contribution in [0.1, 0.15) is 35.1 Å². The number of hydrogen-bond donors (Lipinski definition) is 2. The van der Waals surface area contributed by atoms with E-state index in [-0.39, 0.29) is 17.1 Å². The SMILES string of the molecule is Cc1cn2cc(NC(=O)c3cnc(N4CCC(C)(N)C4)cn3)cc(C)c2n1. The quantitative estimate of drug-likeness (QED) is 0.735. The van der Waals surface area contributed by atoms with Gasteiger partial charge < -0.3 is 20.4 Å². The van der Waals surface area contributed by atoms with Crippen LogP contribution in [0, 0.1) is 13.8 Å². The molecule has 0 aliphatic carbocycles. The minimum atomic E-state index is -0.297. The van der Waals surface area contributed by atoms with Crippen molar-refractivity contribution >= 4 is 23.1 Å². The Balaban J connectivity index is 1.50.